The third-order valence-electron chi connectivity index (χ3n) is 10.5. The Hall–Kier alpha value is -5.18. The Morgan fingerprint density at radius 1 is 0.940 bits per heavy atom. The first-order valence-corrected chi connectivity index (χ1v) is 18.0. The molecule has 0 radical (unpaired) electrons. The fourth-order valence-electron chi connectivity index (χ4n) is 8.05. The fourth-order valence-corrected chi connectivity index (χ4v) is 8.05. The molecule has 3 aromatic carbocycles. The van der Waals surface area contributed by atoms with Gasteiger partial charge in [0.25, 0.3) is 5.91 Å². The number of hydrogen-bond donors (Lipinski definition) is 3. The van der Waals surface area contributed by atoms with Crippen molar-refractivity contribution in [1.29, 1.82) is 0 Å². The highest BCUT2D eigenvalue weighted by atomic mass is 16.5. The summed E-state index contributed by atoms with van der Waals surface area (Å²) < 4.78 is 7.03. The van der Waals surface area contributed by atoms with Crippen molar-refractivity contribution in [2.75, 3.05) is 17.2 Å². The average molecular weight is 673 g/mol. The first-order valence-electron chi connectivity index (χ1n) is 18.0. The molecule has 2 aliphatic carbocycles. The number of carbonyl (C=O) groups is 4. The predicted octanol–water partition coefficient (Wildman–Crippen LogP) is 7.96. The van der Waals surface area contributed by atoms with E-state index in [4.69, 9.17) is 4.74 Å². The van der Waals surface area contributed by atoms with Crippen molar-refractivity contribution in [2.24, 2.45) is 0 Å². The molecule has 9 heteroatoms. The van der Waals surface area contributed by atoms with E-state index in [9.17, 15) is 19.2 Å². The minimum atomic E-state index is -1.06. The van der Waals surface area contributed by atoms with Crippen LogP contribution in [0.3, 0.4) is 0 Å². The number of anilines is 2. The van der Waals surface area contributed by atoms with Gasteiger partial charge in [-0.2, -0.15) is 0 Å². The maximum absolute atomic E-state index is 14.1. The Kier molecular flexibility index (Phi) is 9.57. The van der Waals surface area contributed by atoms with E-state index in [1.54, 1.807) is 25.1 Å². The van der Waals surface area contributed by atoms with Gasteiger partial charge in [0.05, 0.1) is 23.5 Å². The Morgan fingerprint density at radius 3 is 2.44 bits per heavy atom. The van der Waals surface area contributed by atoms with Crippen LogP contribution in [-0.4, -0.2) is 40.4 Å². The molecule has 258 valence electrons. The SMILES string of the molecule is CCOC(=O)/C=C/c1ccc(NC(=O)C2(NC(=O)c3ccc4c(C5CCCCC5)c5n(c4c3)CC(=O)Nc3ccccc3-5)CCCCC2)cc1. The van der Waals surface area contributed by atoms with Gasteiger partial charge in [0, 0.05) is 28.3 Å². The average Bonchev–Trinajstić information content (AvgIpc) is 3.36. The molecule has 2 fully saturated rings. The lowest BCUT2D eigenvalue weighted by Gasteiger charge is -2.36. The maximum Gasteiger partial charge on any atom is 0.330 e. The van der Waals surface area contributed by atoms with Gasteiger partial charge in [-0.25, -0.2) is 4.79 Å². The third-order valence-corrected chi connectivity index (χ3v) is 10.5. The molecule has 50 heavy (non-hydrogen) atoms. The molecule has 0 atom stereocenters. The molecule has 1 aliphatic heterocycles. The number of ether oxygens (including phenoxy) is 1. The second kappa shape index (κ2) is 14.4. The highest BCUT2D eigenvalue weighted by molar-refractivity contribution is 6.07. The topological polar surface area (TPSA) is 119 Å². The highest BCUT2D eigenvalue weighted by Crippen LogP contribution is 2.46. The van der Waals surface area contributed by atoms with Gasteiger partial charge in [-0.05, 0) is 86.1 Å². The van der Waals surface area contributed by atoms with Crippen LogP contribution in [0.2, 0.25) is 0 Å². The molecular formula is C41H44N4O5. The van der Waals surface area contributed by atoms with E-state index in [2.05, 4.69) is 26.6 Å². The van der Waals surface area contributed by atoms with Crippen molar-refractivity contribution in [3.05, 3.63) is 89.5 Å². The van der Waals surface area contributed by atoms with Crippen LogP contribution >= 0.6 is 0 Å². The molecule has 3 N–H and O–H groups in total. The van der Waals surface area contributed by atoms with Crippen LogP contribution in [0.25, 0.3) is 28.2 Å². The number of aromatic nitrogens is 1. The van der Waals surface area contributed by atoms with E-state index in [0.717, 1.165) is 65.5 Å². The molecule has 0 saturated heterocycles. The summed E-state index contributed by atoms with van der Waals surface area (Å²) in [5, 5.41) is 10.4. The van der Waals surface area contributed by atoms with Crippen molar-refractivity contribution < 1.29 is 23.9 Å². The normalized spacial score (nSPS) is 17.3. The number of para-hydroxylation sites is 1. The number of nitrogens with zero attached hydrogens (tertiary/aromatic N) is 1. The summed E-state index contributed by atoms with van der Waals surface area (Å²) in [6.07, 6.45) is 12.6. The van der Waals surface area contributed by atoms with E-state index >= 15 is 0 Å². The highest BCUT2D eigenvalue weighted by Gasteiger charge is 2.41. The molecule has 4 aromatic rings. The second-order valence-electron chi connectivity index (χ2n) is 13.8. The van der Waals surface area contributed by atoms with Gasteiger partial charge in [-0.15, -0.1) is 0 Å². The summed E-state index contributed by atoms with van der Waals surface area (Å²) in [5.41, 5.74) is 5.79. The van der Waals surface area contributed by atoms with Crippen molar-refractivity contribution in [3.8, 4) is 11.3 Å². The van der Waals surface area contributed by atoms with E-state index in [-0.39, 0.29) is 24.3 Å². The van der Waals surface area contributed by atoms with Crippen LogP contribution in [0.5, 0.6) is 0 Å². The van der Waals surface area contributed by atoms with Gasteiger partial charge in [0.1, 0.15) is 12.1 Å². The number of hydrogen-bond acceptors (Lipinski definition) is 5. The van der Waals surface area contributed by atoms with E-state index in [1.165, 1.54) is 30.9 Å². The maximum atomic E-state index is 14.1. The molecule has 9 nitrogen and oxygen atoms in total. The molecule has 0 spiro atoms. The second-order valence-corrected chi connectivity index (χ2v) is 13.8. The minimum Gasteiger partial charge on any atom is -0.463 e. The van der Waals surface area contributed by atoms with Crippen molar-refractivity contribution in [2.45, 2.75) is 89.1 Å². The number of carbonyl (C=O) groups excluding carboxylic acids is 4. The van der Waals surface area contributed by atoms with Crippen LogP contribution in [0.15, 0.2) is 72.8 Å². The molecule has 1 aromatic heterocycles. The lowest BCUT2D eigenvalue weighted by Crippen LogP contribution is -2.57. The van der Waals surface area contributed by atoms with Gasteiger partial charge < -0.3 is 25.3 Å². The number of rotatable bonds is 8. The predicted molar refractivity (Wildman–Crippen MR) is 196 cm³/mol. The molecule has 2 heterocycles. The quantitative estimate of drug-likeness (QED) is 0.130. The van der Waals surface area contributed by atoms with Crippen molar-refractivity contribution in [3.63, 3.8) is 0 Å². The summed E-state index contributed by atoms with van der Waals surface area (Å²) >= 11 is 0. The first kappa shape index (κ1) is 33.3. The van der Waals surface area contributed by atoms with Crippen LogP contribution in [0.4, 0.5) is 11.4 Å². The molecule has 0 bridgehead atoms. The van der Waals surface area contributed by atoms with Crippen LogP contribution in [-0.2, 0) is 25.7 Å². The smallest absolute Gasteiger partial charge is 0.330 e. The minimum absolute atomic E-state index is 0.0981. The zero-order chi connectivity index (χ0) is 34.7. The molecule has 0 unspecified atom stereocenters. The van der Waals surface area contributed by atoms with Gasteiger partial charge in [0.15, 0.2) is 0 Å². The van der Waals surface area contributed by atoms with E-state index in [1.807, 2.05) is 48.5 Å². The molecule has 7 rings (SSSR count). The fraction of sp³-hybridized carbons (Fsp3) is 0.366. The zero-order valence-corrected chi connectivity index (χ0v) is 28.6. The van der Waals surface area contributed by atoms with E-state index in [0.29, 0.717) is 36.6 Å². The Bertz CT molecular complexity index is 1960. The van der Waals surface area contributed by atoms with Gasteiger partial charge >= 0.3 is 5.97 Å². The molecular weight excluding hydrogens is 628 g/mol. The molecule has 2 saturated carbocycles. The Labute approximate surface area is 292 Å². The standard InChI is InChI=1S/C41H44N4O5/c1-2-50-36(47)22-17-27-15-19-30(20-16-27)42-40(49)41(23-9-4-10-24-41)44-39(48)29-18-21-32-34(25-29)45-26-35(46)43-33-14-8-7-13-31(33)38(45)37(32)28-11-5-3-6-12-28/h7-8,13-22,25,28H,2-6,9-12,23-24,26H2,1H3,(H,42,49)(H,43,46)(H,44,48)/b22-17+. The van der Waals surface area contributed by atoms with Gasteiger partial charge in [0.2, 0.25) is 11.8 Å². The summed E-state index contributed by atoms with van der Waals surface area (Å²) in [4.78, 5) is 53.0. The van der Waals surface area contributed by atoms with Gasteiger partial charge in [-0.3, -0.25) is 14.4 Å². The van der Waals surface area contributed by atoms with Crippen LogP contribution in [0.1, 0.15) is 98.5 Å². The van der Waals surface area contributed by atoms with Crippen LogP contribution < -0.4 is 16.0 Å². The number of esters is 1. The van der Waals surface area contributed by atoms with Crippen LogP contribution in [0, 0.1) is 0 Å². The zero-order valence-electron chi connectivity index (χ0n) is 28.6. The van der Waals surface area contributed by atoms with E-state index < -0.39 is 11.5 Å². The Morgan fingerprint density at radius 2 is 1.68 bits per heavy atom. The van der Waals surface area contributed by atoms with Crippen molar-refractivity contribution in [1.82, 2.24) is 9.88 Å². The molecule has 3 aliphatic rings. The Balaban J connectivity index is 1.19. The number of fused-ring (bicyclic) bond motifs is 5. The lowest BCUT2D eigenvalue weighted by atomic mass is 9.80. The monoisotopic (exact) mass is 672 g/mol. The van der Waals surface area contributed by atoms with Gasteiger partial charge in [-0.1, -0.05) is 74.9 Å². The van der Waals surface area contributed by atoms with Crippen molar-refractivity contribution >= 4 is 52.0 Å². The first-order chi connectivity index (χ1) is 24.3. The number of nitrogens with one attached hydrogen (secondary N) is 3. The number of amides is 3. The summed E-state index contributed by atoms with van der Waals surface area (Å²) in [6.45, 7) is 2.22. The summed E-state index contributed by atoms with van der Waals surface area (Å²) in [6, 6.07) is 21.0. The summed E-state index contributed by atoms with van der Waals surface area (Å²) in [7, 11) is 0. The lowest BCUT2D eigenvalue weighted by molar-refractivity contribution is -0.137. The third kappa shape index (κ3) is 6.69. The molecule has 3 amide bonds. The number of benzene rings is 3. The largest absolute Gasteiger partial charge is 0.463 e. The summed E-state index contributed by atoms with van der Waals surface area (Å²) in [5.74, 6) is -0.686.